The Morgan fingerprint density at radius 3 is 1.00 bits per heavy atom. The number of aromatic nitrogens is 2. The Hall–Kier alpha value is -8.98. The van der Waals surface area contributed by atoms with Crippen LogP contribution in [0.25, 0.3) is 98.9 Å². The molecule has 0 unspecified atom stereocenters. The maximum Gasteiger partial charge on any atom is 0.347 e. The monoisotopic (exact) mass is 954 g/mol. The molecule has 0 bridgehead atoms. The Morgan fingerprint density at radius 1 is 0.357 bits per heavy atom. The smallest absolute Gasteiger partial charge is 0.347 e. The molecule has 0 aliphatic heterocycles. The Labute approximate surface area is 398 Å². The van der Waals surface area contributed by atoms with Crippen LogP contribution in [-0.4, -0.2) is 26.8 Å². The third-order valence-electron chi connectivity index (χ3n) is 12.4. The van der Waals surface area contributed by atoms with Gasteiger partial charge in [0.05, 0.1) is 54.1 Å². The van der Waals surface area contributed by atoms with Gasteiger partial charge in [-0.25, -0.2) is 36.4 Å². The molecule has 0 fully saturated rings. The normalized spacial score (nSPS) is 12.1. The highest BCUT2D eigenvalue weighted by Gasteiger charge is 2.23. The lowest BCUT2D eigenvalue weighted by Crippen LogP contribution is -2.14. The van der Waals surface area contributed by atoms with E-state index in [4.69, 9.17) is 18.8 Å². The van der Waals surface area contributed by atoms with Crippen molar-refractivity contribution < 1.29 is 25.7 Å². The second-order valence-electron chi connectivity index (χ2n) is 16.8. The van der Waals surface area contributed by atoms with Gasteiger partial charge in [-0.15, -0.1) is 0 Å². The fraction of sp³-hybridized carbons (Fsp3) is 0. The predicted molar refractivity (Wildman–Crippen MR) is 275 cm³/mol. The summed E-state index contributed by atoms with van der Waals surface area (Å²) in [5.41, 5.74) is 1.71. The lowest BCUT2D eigenvalue weighted by Gasteiger charge is -2.15. The van der Waals surface area contributed by atoms with Crippen molar-refractivity contribution >= 4 is 96.3 Å². The lowest BCUT2D eigenvalue weighted by atomic mass is 10.0. The predicted octanol–water partition coefficient (Wildman–Crippen LogP) is 11.9. The summed E-state index contributed by atoms with van der Waals surface area (Å²) in [6.45, 7) is 0. The maximum atomic E-state index is 14.1. The van der Waals surface area contributed by atoms with E-state index in [1.165, 1.54) is 24.3 Å². The number of benzene rings is 10. The van der Waals surface area contributed by atoms with Crippen LogP contribution in [-0.2, 0) is 20.0 Å². The number of nitrogens with zero attached hydrogens (tertiary/aromatic N) is 2. The molecule has 0 spiro atoms. The first kappa shape index (κ1) is 42.4. The zero-order valence-electron chi connectivity index (χ0n) is 36.5. The third kappa shape index (κ3) is 7.66. The number of anilines is 2. The van der Waals surface area contributed by atoms with E-state index in [1.807, 2.05) is 97.1 Å². The van der Waals surface area contributed by atoms with E-state index >= 15 is 0 Å². The van der Waals surface area contributed by atoms with Crippen LogP contribution in [0.3, 0.4) is 0 Å². The van der Waals surface area contributed by atoms with E-state index in [0.717, 1.165) is 43.1 Å². The molecule has 0 saturated heterocycles. The molecule has 0 amide bonds. The maximum absolute atomic E-state index is 14.1. The highest BCUT2D eigenvalue weighted by Crippen LogP contribution is 2.37. The molecule has 338 valence electrons. The summed E-state index contributed by atoms with van der Waals surface area (Å²) in [5.74, 6) is -0.0942. The zero-order chi connectivity index (χ0) is 47.7. The van der Waals surface area contributed by atoms with Crippen molar-refractivity contribution in [3.8, 4) is 34.0 Å². The summed E-state index contributed by atoms with van der Waals surface area (Å²) in [6.07, 6.45) is 0. The molecular weight excluding hydrogens is 921 g/mol. The Balaban J connectivity index is 0.828. The number of hydrogen-bond acceptors (Lipinski definition) is 10. The van der Waals surface area contributed by atoms with E-state index in [-0.39, 0.29) is 44.1 Å². The molecule has 0 aliphatic rings. The standard InChI is InChI=1S/C56H34N4O8S2/c61-55-47-27-37-11-3-5-13-39(37)29-49(47)57-53(67-55)45-25-35-9-1-7-15-41(35)31-51(45)59-69(63,64)43-21-17-33(18-22-43)34-19-23-44(24-20-34)70(65,66)60-52-32-42-16-8-2-10-36(42)26-46(52)54-58-50-30-40-14-6-4-12-38(40)28-48(50)56(62)68-54/h1-32,59-60H. The summed E-state index contributed by atoms with van der Waals surface area (Å²) in [4.78, 5) is 36.0. The molecule has 12 aromatic rings. The molecule has 2 N–H and O–H groups in total. The number of nitrogens with one attached hydrogen (secondary N) is 2. The molecule has 0 radical (unpaired) electrons. The minimum atomic E-state index is -4.22. The fourth-order valence-corrected chi connectivity index (χ4v) is 11.0. The third-order valence-corrected chi connectivity index (χ3v) is 15.1. The second kappa shape index (κ2) is 16.4. The molecule has 2 aromatic heterocycles. The SMILES string of the molecule is O=c1oc(-c2cc3ccccc3cc2NS(=O)(=O)c2ccc(-c3ccc(S(=O)(=O)Nc4cc5ccccc5cc4-c4nc5cc6ccccc6cc5c(=O)o4)cc3)cc2)nc2cc3ccccc3cc12. The Bertz CT molecular complexity index is 4210. The first-order valence-corrected chi connectivity index (χ1v) is 24.9. The highest BCUT2D eigenvalue weighted by molar-refractivity contribution is 7.93. The van der Waals surface area contributed by atoms with Crippen molar-refractivity contribution in [1.82, 2.24) is 9.97 Å². The number of fused-ring (bicyclic) bond motifs is 6. The van der Waals surface area contributed by atoms with E-state index in [1.54, 1.807) is 72.8 Å². The van der Waals surface area contributed by atoms with Crippen molar-refractivity contribution in [2.24, 2.45) is 0 Å². The highest BCUT2D eigenvalue weighted by atomic mass is 32.2. The number of hydrogen-bond donors (Lipinski definition) is 2. The zero-order valence-corrected chi connectivity index (χ0v) is 38.1. The van der Waals surface area contributed by atoms with Crippen LogP contribution in [0, 0.1) is 0 Å². The summed E-state index contributed by atoms with van der Waals surface area (Å²) in [5, 5.41) is 7.14. The lowest BCUT2D eigenvalue weighted by molar-refractivity contribution is 0.518. The topological polar surface area (TPSA) is 179 Å². The Kier molecular flexibility index (Phi) is 9.91. The molecule has 0 saturated carbocycles. The van der Waals surface area contributed by atoms with E-state index in [2.05, 4.69) is 9.44 Å². The van der Waals surface area contributed by atoms with E-state index in [0.29, 0.717) is 32.9 Å². The van der Waals surface area contributed by atoms with Gasteiger partial charge in [-0.1, -0.05) is 121 Å². The van der Waals surface area contributed by atoms with Gasteiger partial charge < -0.3 is 8.83 Å². The van der Waals surface area contributed by atoms with Gasteiger partial charge >= 0.3 is 11.3 Å². The summed E-state index contributed by atoms with van der Waals surface area (Å²) >= 11 is 0. The molecule has 0 aliphatic carbocycles. The van der Waals surface area contributed by atoms with Gasteiger partial charge in [0.25, 0.3) is 20.0 Å². The van der Waals surface area contributed by atoms with Crippen LogP contribution in [0.2, 0.25) is 0 Å². The summed E-state index contributed by atoms with van der Waals surface area (Å²) in [6, 6.07) is 56.2. The van der Waals surface area contributed by atoms with Crippen LogP contribution in [0.5, 0.6) is 0 Å². The molecule has 12 nitrogen and oxygen atoms in total. The summed E-state index contributed by atoms with van der Waals surface area (Å²) < 4.78 is 73.3. The van der Waals surface area contributed by atoms with Crippen LogP contribution in [0.1, 0.15) is 0 Å². The van der Waals surface area contributed by atoms with Gasteiger partial charge in [0.2, 0.25) is 11.8 Å². The molecular formula is C56H34N4O8S2. The van der Waals surface area contributed by atoms with Crippen molar-refractivity contribution in [1.29, 1.82) is 0 Å². The minimum Gasteiger partial charge on any atom is -0.403 e. The fourth-order valence-electron chi connectivity index (χ4n) is 8.81. The van der Waals surface area contributed by atoms with Crippen molar-refractivity contribution in [2.45, 2.75) is 9.79 Å². The molecule has 10 aromatic carbocycles. The van der Waals surface area contributed by atoms with E-state index < -0.39 is 31.3 Å². The molecule has 70 heavy (non-hydrogen) atoms. The summed E-state index contributed by atoms with van der Waals surface area (Å²) in [7, 11) is -8.44. The van der Waals surface area contributed by atoms with Crippen LogP contribution < -0.4 is 20.7 Å². The van der Waals surface area contributed by atoms with E-state index in [9.17, 15) is 26.4 Å². The average Bonchev–Trinajstić information content (AvgIpc) is 3.37. The van der Waals surface area contributed by atoms with Gasteiger partial charge in [0.15, 0.2) is 0 Å². The molecule has 0 atom stereocenters. The first-order chi connectivity index (χ1) is 33.9. The number of rotatable bonds is 9. The van der Waals surface area contributed by atoms with Crippen LogP contribution in [0.4, 0.5) is 11.4 Å². The van der Waals surface area contributed by atoms with Gasteiger partial charge in [-0.2, -0.15) is 0 Å². The van der Waals surface area contributed by atoms with Crippen LogP contribution in [0.15, 0.2) is 222 Å². The van der Waals surface area contributed by atoms with Crippen molar-refractivity contribution in [2.75, 3.05) is 9.44 Å². The second-order valence-corrected chi connectivity index (χ2v) is 20.2. The van der Waals surface area contributed by atoms with Gasteiger partial charge in [0, 0.05) is 0 Å². The Morgan fingerprint density at radius 2 is 0.657 bits per heavy atom. The van der Waals surface area contributed by atoms with Gasteiger partial charge in [-0.3, -0.25) is 9.44 Å². The van der Waals surface area contributed by atoms with Crippen LogP contribution >= 0.6 is 0 Å². The average molecular weight is 955 g/mol. The molecule has 12 rings (SSSR count). The van der Waals surface area contributed by atoms with Gasteiger partial charge in [0.1, 0.15) is 0 Å². The largest absolute Gasteiger partial charge is 0.403 e. The first-order valence-electron chi connectivity index (χ1n) is 21.9. The number of sulfonamides is 2. The molecule has 2 heterocycles. The minimum absolute atomic E-state index is 0.0468. The van der Waals surface area contributed by atoms with Gasteiger partial charge in [-0.05, 0) is 127 Å². The van der Waals surface area contributed by atoms with Crippen molar-refractivity contribution in [3.05, 3.63) is 215 Å². The quantitative estimate of drug-likeness (QED) is 0.132. The molecule has 14 heteroatoms. The van der Waals surface area contributed by atoms with Crippen molar-refractivity contribution in [3.63, 3.8) is 0 Å².